The monoisotopic (exact) mass is 483 g/mol. The Balaban J connectivity index is 1.23. The van der Waals surface area contributed by atoms with E-state index in [1.165, 1.54) is 11.3 Å². The van der Waals surface area contributed by atoms with Crippen molar-refractivity contribution >= 4 is 65.9 Å². The summed E-state index contributed by atoms with van der Waals surface area (Å²) in [6.07, 6.45) is 2.61. The first-order valence-corrected chi connectivity index (χ1v) is 12.5. The highest BCUT2D eigenvalue weighted by molar-refractivity contribution is 7.29. The zero-order valence-electron chi connectivity index (χ0n) is 18.8. The maximum atomic E-state index is 12.8. The van der Waals surface area contributed by atoms with E-state index in [9.17, 15) is 9.59 Å². The molecule has 0 spiro atoms. The van der Waals surface area contributed by atoms with Crippen molar-refractivity contribution < 1.29 is 14.0 Å². The molecule has 4 aromatic rings. The molecule has 0 unspecified atom stereocenters. The van der Waals surface area contributed by atoms with Crippen LogP contribution in [0.2, 0.25) is 0 Å². The number of benzene rings is 1. The summed E-state index contributed by atoms with van der Waals surface area (Å²) in [5.74, 6) is 1.08. The molecule has 1 aliphatic rings. The summed E-state index contributed by atoms with van der Waals surface area (Å²) in [7, 11) is 3.62. The Morgan fingerprint density at radius 2 is 1.97 bits per heavy atom. The van der Waals surface area contributed by atoms with Gasteiger partial charge in [0.05, 0.1) is 9.58 Å². The molecule has 0 saturated carbocycles. The van der Waals surface area contributed by atoms with Gasteiger partial charge in [-0.2, -0.15) is 0 Å². The number of rotatable bonds is 5. The smallest absolute Gasteiger partial charge is 0.265 e. The lowest BCUT2D eigenvalue weighted by molar-refractivity contribution is -0.129. The second kappa shape index (κ2) is 8.75. The van der Waals surface area contributed by atoms with E-state index in [0.717, 1.165) is 46.1 Å². The summed E-state index contributed by atoms with van der Waals surface area (Å²) in [4.78, 5) is 39.3. The minimum Gasteiger partial charge on any atom is -0.441 e. The van der Waals surface area contributed by atoms with Gasteiger partial charge in [-0.15, -0.1) is 11.3 Å². The van der Waals surface area contributed by atoms with Gasteiger partial charge in [0.2, 0.25) is 5.91 Å². The summed E-state index contributed by atoms with van der Waals surface area (Å²) in [5.41, 5.74) is 2.10. The minimum atomic E-state index is -0.155. The standard InChI is InChI=1S/C23H25N5O3S2/c1-13-24-16-11-15(4-5-17(16)31-13)25-21(30)18-12-19-22(32-18)26-23(33-19)28-8-6-14(7-9-28)10-20(29)27(2)3/h4-5,11-12,14H,6-10H2,1-3H3,(H,25,30). The largest absolute Gasteiger partial charge is 0.441 e. The molecular weight excluding hydrogens is 458 g/mol. The highest BCUT2D eigenvalue weighted by atomic mass is 32.1. The molecule has 5 rings (SSSR count). The Morgan fingerprint density at radius 3 is 2.70 bits per heavy atom. The van der Waals surface area contributed by atoms with Crippen LogP contribution in [0, 0.1) is 12.8 Å². The highest BCUT2D eigenvalue weighted by Gasteiger charge is 2.25. The van der Waals surface area contributed by atoms with Crippen LogP contribution >= 0.6 is 22.7 Å². The van der Waals surface area contributed by atoms with Crippen LogP contribution in [-0.2, 0) is 4.79 Å². The number of amides is 2. The van der Waals surface area contributed by atoms with E-state index < -0.39 is 0 Å². The molecule has 0 aliphatic carbocycles. The third-order valence-corrected chi connectivity index (χ3v) is 8.12. The van der Waals surface area contributed by atoms with Gasteiger partial charge in [-0.1, -0.05) is 11.3 Å². The topological polar surface area (TPSA) is 91.6 Å². The number of hydrogen-bond acceptors (Lipinski definition) is 8. The Morgan fingerprint density at radius 1 is 1.18 bits per heavy atom. The van der Waals surface area contributed by atoms with E-state index >= 15 is 0 Å². The molecule has 0 radical (unpaired) electrons. The van der Waals surface area contributed by atoms with Gasteiger partial charge in [-0.25, -0.2) is 9.97 Å². The fourth-order valence-corrected chi connectivity index (χ4v) is 6.20. The normalized spacial score (nSPS) is 14.8. The first-order valence-electron chi connectivity index (χ1n) is 10.9. The van der Waals surface area contributed by atoms with E-state index in [0.29, 0.717) is 34.4 Å². The number of hydrogen-bond donors (Lipinski definition) is 1. The van der Waals surface area contributed by atoms with Crippen LogP contribution in [0.3, 0.4) is 0 Å². The van der Waals surface area contributed by atoms with E-state index in [4.69, 9.17) is 9.40 Å². The van der Waals surface area contributed by atoms with Crippen LogP contribution in [0.25, 0.3) is 20.6 Å². The average molecular weight is 484 g/mol. The van der Waals surface area contributed by atoms with Gasteiger partial charge in [-0.05, 0) is 43.0 Å². The maximum absolute atomic E-state index is 12.8. The zero-order chi connectivity index (χ0) is 23.1. The van der Waals surface area contributed by atoms with Crippen molar-refractivity contribution in [1.82, 2.24) is 14.9 Å². The number of fused-ring (bicyclic) bond motifs is 2. The number of thiazole rings is 1. The van der Waals surface area contributed by atoms with E-state index in [-0.39, 0.29) is 11.8 Å². The lowest BCUT2D eigenvalue weighted by Crippen LogP contribution is -2.35. The molecule has 1 saturated heterocycles. The van der Waals surface area contributed by atoms with Crippen molar-refractivity contribution in [1.29, 1.82) is 0 Å². The number of oxazole rings is 1. The van der Waals surface area contributed by atoms with Gasteiger partial charge >= 0.3 is 0 Å². The van der Waals surface area contributed by atoms with Crippen molar-refractivity contribution in [3.63, 3.8) is 0 Å². The summed E-state index contributed by atoms with van der Waals surface area (Å²) < 4.78 is 6.51. The van der Waals surface area contributed by atoms with Gasteiger partial charge < -0.3 is 19.5 Å². The first-order chi connectivity index (χ1) is 15.9. The molecule has 1 aliphatic heterocycles. The third kappa shape index (κ3) is 4.58. The molecule has 1 aromatic carbocycles. The number of anilines is 2. The number of carbonyl (C=O) groups is 2. The fraction of sp³-hybridized carbons (Fsp3) is 0.391. The molecule has 3 aromatic heterocycles. The third-order valence-electron chi connectivity index (χ3n) is 5.90. The van der Waals surface area contributed by atoms with Crippen molar-refractivity contribution in [3.05, 3.63) is 35.0 Å². The van der Waals surface area contributed by atoms with Crippen LogP contribution < -0.4 is 10.2 Å². The number of nitrogens with zero attached hydrogens (tertiary/aromatic N) is 4. The second-order valence-corrected chi connectivity index (χ2v) is 10.6. The molecule has 10 heteroatoms. The molecule has 33 heavy (non-hydrogen) atoms. The van der Waals surface area contributed by atoms with Gasteiger partial charge in [0.15, 0.2) is 16.6 Å². The van der Waals surface area contributed by atoms with E-state index in [1.807, 2.05) is 38.4 Å². The Labute approximate surface area is 199 Å². The number of thiophene rings is 1. The molecule has 172 valence electrons. The SMILES string of the molecule is Cc1nc2cc(NC(=O)c3cc4sc(N5CCC(CC(=O)N(C)C)CC5)nc4s3)ccc2o1. The van der Waals surface area contributed by atoms with Gasteiger partial charge in [-0.3, -0.25) is 9.59 Å². The molecule has 0 bridgehead atoms. The van der Waals surface area contributed by atoms with Crippen LogP contribution in [0.5, 0.6) is 0 Å². The molecular formula is C23H25N5O3S2. The zero-order valence-corrected chi connectivity index (χ0v) is 20.4. The number of carbonyl (C=O) groups excluding carboxylic acids is 2. The molecule has 0 atom stereocenters. The van der Waals surface area contributed by atoms with Gasteiger partial charge in [0, 0.05) is 46.2 Å². The molecule has 1 fully saturated rings. The van der Waals surface area contributed by atoms with Crippen LogP contribution in [0.1, 0.15) is 34.8 Å². The first kappa shape index (κ1) is 21.8. The number of nitrogens with one attached hydrogen (secondary N) is 1. The highest BCUT2D eigenvalue weighted by Crippen LogP contribution is 2.36. The molecule has 4 heterocycles. The molecule has 1 N–H and O–H groups in total. The summed E-state index contributed by atoms with van der Waals surface area (Å²) in [5, 5.41) is 3.93. The van der Waals surface area contributed by atoms with E-state index in [1.54, 1.807) is 23.2 Å². The number of piperidine rings is 1. The predicted octanol–water partition coefficient (Wildman–Crippen LogP) is 4.75. The number of aromatic nitrogens is 2. The average Bonchev–Trinajstić information content (AvgIpc) is 3.46. The summed E-state index contributed by atoms with van der Waals surface area (Å²) in [6.45, 7) is 3.61. The predicted molar refractivity (Wildman–Crippen MR) is 132 cm³/mol. The summed E-state index contributed by atoms with van der Waals surface area (Å²) in [6, 6.07) is 7.35. The summed E-state index contributed by atoms with van der Waals surface area (Å²) >= 11 is 3.03. The Kier molecular flexibility index (Phi) is 5.79. The fourth-order valence-electron chi connectivity index (χ4n) is 4.04. The van der Waals surface area contributed by atoms with Crippen molar-refractivity contribution in [2.24, 2.45) is 5.92 Å². The Hall–Kier alpha value is -2.98. The van der Waals surface area contributed by atoms with Crippen LogP contribution in [-0.4, -0.2) is 53.9 Å². The minimum absolute atomic E-state index is 0.155. The molecule has 8 nitrogen and oxygen atoms in total. The van der Waals surface area contributed by atoms with Crippen molar-refractivity contribution in [2.75, 3.05) is 37.4 Å². The van der Waals surface area contributed by atoms with Gasteiger partial charge in [0.25, 0.3) is 5.91 Å². The van der Waals surface area contributed by atoms with Crippen molar-refractivity contribution in [3.8, 4) is 0 Å². The van der Waals surface area contributed by atoms with Crippen molar-refractivity contribution in [2.45, 2.75) is 26.2 Å². The lowest BCUT2D eigenvalue weighted by atomic mass is 9.93. The van der Waals surface area contributed by atoms with E-state index in [2.05, 4.69) is 15.2 Å². The van der Waals surface area contributed by atoms with Gasteiger partial charge in [0.1, 0.15) is 10.3 Å². The quantitative estimate of drug-likeness (QED) is 0.440. The lowest BCUT2D eigenvalue weighted by Gasteiger charge is -2.31. The second-order valence-electron chi connectivity index (χ2n) is 8.57. The number of aryl methyl sites for hydroxylation is 1. The Bertz CT molecular complexity index is 1300. The van der Waals surface area contributed by atoms with Crippen LogP contribution in [0.15, 0.2) is 28.7 Å². The van der Waals surface area contributed by atoms with Crippen LogP contribution in [0.4, 0.5) is 10.8 Å². The maximum Gasteiger partial charge on any atom is 0.265 e. The molecule has 2 amide bonds.